The van der Waals surface area contributed by atoms with Gasteiger partial charge in [-0.05, 0) is 6.92 Å². The molecule has 2 aromatic rings. The summed E-state index contributed by atoms with van der Waals surface area (Å²) >= 11 is 0. The van der Waals surface area contributed by atoms with Gasteiger partial charge in [0, 0.05) is 14.1 Å². The van der Waals surface area contributed by atoms with Crippen LogP contribution in [0.5, 0.6) is 0 Å². The van der Waals surface area contributed by atoms with Gasteiger partial charge in [0.1, 0.15) is 5.52 Å². The van der Waals surface area contributed by atoms with Gasteiger partial charge in [-0.2, -0.15) is 5.10 Å². The van der Waals surface area contributed by atoms with E-state index in [0.717, 1.165) is 5.69 Å². The zero-order chi connectivity index (χ0) is 9.59. The molecule has 2 aromatic heterocycles. The fourth-order valence-corrected chi connectivity index (χ4v) is 1.31. The van der Waals surface area contributed by atoms with Crippen molar-refractivity contribution in [2.24, 2.45) is 14.1 Å². The summed E-state index contributed by atoms with van der Waals surface area (Å²) < 4.78 is 2.73. The van der Waals surface area contributed by atoms with Crippen LogP contribution >= 0.6 is 0 Å². The van der Waals surface area contributed by atoms with Crippen molar-refractivity contribution in [2.75, 3.05) is 0 Å². The minimum Gasteiger partial charge on any atom is -0.265 e. The molecule has 0 saturated heterocycles. The molecule has 0 aliphatic rings. The van der Waals surface area contributed by atoms with Crippen LogP contribution in [0.2, 0.25) is 0 Å². The summed E-state index contributed by atoms with van der Waals surface area (Å²) in [6.45, 7) is 1.80. The Labute approximate surface area is 73.8 Å². The van der Waals surface area contributed by atoms with Crippen LogP contribution in [0.4, 0.5) is 0 Å². The molecule has 2 heterocycles. The predicted molar refractivity (Wildman–Crippen MR) is 46.3 cm³/mol. The van der Waals surface area contributed by atoms with E-state index < -0.39 is 0 Å². The van der Waals surface area contributed by atoms with Gasteiger partial charge in [0.15, 0.2) is 5.52 Å². The number of hydrogen-bond acceptors (Lipinski definition) is 4. The molecule has 0 fully saturated rings. The molecule has 2 rings (SSSR count). The van der Waals surface area contributed by atoms with Crippen LogP contribution < -0.4 is 5.56 Å². The average molecular weight is 179 g/mol. The van der Waals surface area contributed by atoms with E-state index in [1.807, 2.05) is 0 Å². The second-order valence-electron chi connectivity index (χ2n) is 2.92. The lowest BCUT2D eigenvalue weighted by Crippen LogP contribution is -2.22. The van der Waals surface area contributed by atoms with Crippen LogP contribution in [0.3, 0.4) is 0 Å². The van der Waals surface area contributed by atoms with Crippen LogP contribution in [0.1, 0.15) is 5.69 Å². The molecule has 0 aromatic carbocycles. The Kier molecular flexibility index (Phi) is 1.45. The van der Waals surface area contributed by atoms with Crippen molar-refractivity contribution in [3.63, 3.8) is 0 Å². The number of fused-ring (bicyclic) bond motifs is 1. The molecule has 0 saturated carbocycles. The Morgan fingerprint density at radius 2 is 1.92 bits per heavy atom. The second-order valence-corrected chi connectivity index (χ2v) is 2.92. The molecular formula is C7H9N5O. The molecule has 68 valence electrons. The second kappa shape index (κ2) is 2.38. The Hall–Kier alpha value is -1.72. The fourth-order valence-electron chi connectivity index (χ4n) is 1.31. The van der Waals surface area contributed by atoms with Gasteiger partial charge in [0.05, 0.1) is 5.69 Å². The highest BCUT2D eigenvalue weighted by atomic mass is 16.1. The third-order valence-electron chi connectivity index (χ3n) is 1.97. The maximum absolute atomic E-state index is 11.6. The van der Waals surface area contributed by atoms with Crippen LogP contribution in [-0.4, -0.2) is 24.8 Å². The molecule has 0 spiro atoms. The maximum Gasteiger partial charge on any atom is 0.295 e. The van der Waals surface area contributed by atoms with Crippen LogP contribution in [-0.2, 0) is 14.1 Å². The van der Waals surface area contributed by atoms with Gasteiger partial charge < -0.3 is 0 Å². The minimum absolute atomic E-state index is 0.173. The largest absolute Gasteiger partial charge is 0.295 e. The van der Waals surface area contributed by atoms with E-state index >= 15 is 0 Å². The molecule has 13 heavy (non-hydrogen) atoms. The number of hydrogen-bond donors (Lipinski definition) is 0. The first kappa shape index (κ1) is 7.90. The van der Waals surface area contributed by atoms with Gasteiger partial charge >= 0.3 is 0 Å². The molecular weight excluding hydrogens is 170 g/mol. The zero-order valence-electron chi connectivity index (χ0n) is 7.64. The van der Waals surface area contributed by atoms with Crippen molar-refractivity contribution >= 4 is 11.0 Å². The van der Waals surface area contributed by atoms with Crippen molar-refractivity contribution in [3.05, 3.63) is 16.0 Å². The van der Waals surface area contributed by atoms with Gasteiger partial charge in [-0.25, -0.2) is 4.68 Å². The van der Waals surface area contributed by atoms with Gasteiger partial charge in [0.2, 0.25) is 0 Å². The van der Waals surface area contributed by atoms with E-state index in [4.69, 9.17) is 0 Å². The Morgan fingerprint density at radius 3 is 2.62 bits per heavy atom. The van der Waals surface area contributed by atoms with Crippen molar-refractivity contribution in [1.82, 2.24) is 24.8 Å². The van der Waals surface area contributed by atoms with Crippen molar-refractivity contribution < 1.29 is 0 Å². The molecule has 0 amide bonds. The first-order valence-electron chi connectivity index (χ1n) is 3.84. The van der Waals surface area contributed by atoms with Crippen molar-refractivity contribution in [2.45, 2.75) is 6.92 Å². The Morgan fingerprint density at radius 1 is 1.23 bits per heavy atom. The van der Waals surface area contributed by atoms with Gasteiger partial charge in [0.25, 0.3) is 5.56 Å². The third-order valence-corrected chi connectivity index (χ3v) is 1.97. The lowest BCUT2D eigenvalue weighted by atomic mass is 10.4. The molecule has 0 aliphatic carbocycles. The number of nitrogens with zero attached hydrogens (tertiary/aromatic N) is 5. The van der Waals surface area contributed by atoms with E-state index in [2.05, 4.69) is 15.4 Å². The highest BCUT2D eigenvalue weighted by molar-refractivity contribution is 5.75. The summed E-state index contributed by atoms with van der Waals surface area (Å²) in [6.07, 6.45) is 0. The smallest absolute Gasteiger partial charge is 0.265 e. The highest BCUT2D eigenvalue weighted by Crippen LogP contribution is 2.07. The highest BCUT2D eigenvalue weighted by Gasteiger charge is 2.11. The molecule has 0 N–H and O–H groups in total. The topological polar surface area (TPSA) is 65.6 Å². The number of rotatable bonds is 0. The first-order valence-corrected chi connectivity index (χ1v) is 3.84. The van der Waals surface area contributed by atoms with E-state index in [1.165, 1.54) is 9.36 Å². The van der Waals surface area contributed by atoms with Crippen LogP contribution in [0, 0.1) is 6.92 Å². The first-order chi connectivity index (χ1) is 6.11. The number of aromatic nitrogens is 5. The standard InChI is InChI=1S/C7H9N5O/c1-4-5-6(11(2)9-4)7(13)12(3)10-8-5/h1-3H3. The van der Waals surface area contributed by atoms with E-state index in [-0.39, 0.29) is 5.56 Å². The van der Waals surface area contributed by atoms with Gasteiger partial charge in [-0.1, -0.05) is 5.21 Å². The SMILES string of the molecule is Cc1nn(C)c2c(=O)n(C)nnc12. The summed E-state index contributed by atoms with van der Waals surface area (Å²) in [4.78, 5) is 11.6. The van der Waals surface area contributed by atoms with E-state index in [0.29, 0.717) is 11.0 Å². The van der Waals surface area contributed by atoms with E-state index in [1.54, 1.807) is 21.0 Å². The average Bonchev–Trinajstić information content (AvgIpc) is 2.35. The summed E-state index contributed by atoms with van der Waals surface area (Å²) in [5, 5.41) is 11.7. The van der Waals surface area contributed by atoms with Crippen LogP contribution in [0.25, 0.3) is 11.0 Å². The molecule has 6 heteroatoms. The monoisotopic (exact) mass is 179 g/mol. The van der Waals surface area contributed by atoms with Crippen molar-refractivity contribution in [1.29, 1.82) is 0 Å². The molecule has 0 unspecified atom stereocenters. The predicted octanol–water partition coefficient (Wildman–Crippen LogP) is -0.630. The molecule has 0 radical (unpaired) electrons. The zero-order valence-corrected chi connectivity index (χ0v) is 7.64. The molecule has 0 atom stereocenters. The van der Waals surface area contributed by atoms with Crippen LogP contribution in [0.15, 0.2) is 4.79 Å². The lowest BCUT2D eigenvalue weighted by molar-refractivity contribution is 0.650. The van der Waals surface area contributed by atoms with E-state index in [9.17, 15) is 4.79 Å². The molecule has 0 bridgehead atoms. The molecule has 0 aliphatic heterocycles. The number of aryl methyl sites for hydroxylation is 3. The van der Waals surface area contributed by atoms with Gasteiger partial charge in [-0.3, -0.25) is 9.48 Å². The summed E-state index contributed by atoms with van der Waals surface area (Å²) in [6, 6.07) is 0. The minimum atomic E-state index is -0.173. The summed E-state index contributed by atoms with van der Waals surface area (Å²) in [5.41, 5.74) is 1.62. The quantitative estimate of drug-likeness (QED) is 0.540. The maximum atomic E-state index is 11.6. The lowest BCUT2D eigenvalue weighted by Gasteiger charge is -1.94. The van der Waals surface area contributed by atoms with Crippen molar-refractivity contribution in [3.8, 4) is 0 Å². The summed E-state index contributed by atoms with van der Waals surface area (Å²) in [7, 11) is 3.29. The molecule has 6 nitrogen and oxygen atoms in total. The van der Waals surface area contributed by atoms with Gasteiger partial charge in [-0.15, -0.1) is 5.10 Å². The normalized spacial score (nSPS) is 11.0. The Balaban J connectivity index is 3.08. The summed E-state index contributed by atoms with van der Waals surface area (Å²) in [5.74, 6) is 0. The Bertz CT molecular complexity index is 523. The fraction of sp³-hybridized carbons (Fsp3) is 0.429. The third kappa shape index (κ3) is 0.947.